The molecule has 1 aliphatic heterocycles. The number of rotatable bonds is 6. The van der Waals surface area contributed by atoms with Gasteiger partial charge in [-0.1, -0.05) is 76.9 Å². The fraction of sp³-hybridized carbons (Fsp3) is 0.185. The number of nitrogens with zero attached hydrogens (tertiary/aromatic N) is 4. The highest BCUT2D eigenvalue weighted by Crippen LogP contribution is 2.35. The van der Waals surface area contributed by atoms with Gasteiger partial charge in [-0.15, -0.1) is 0 Å². The van der Waals surface area contributed by atoms with Crippen LogP contribution in [0, 0.1) is 6.92 Å². The largest absolute Gasteiger partial charge is 0.367 e. The minimum Gasteiger partial charge on any atom is -0.367 e. The van der Waals surface area contributed by atoms with Crippen LogP contribution in [0.4, 0.5) is 5.69 Å². The van der Waals surface area contributed by atoms with Crippen LogP contribution < -0.4 is 10.5 Å². The molecule has 196 valence electrons. The van der Waals surface area contributed by atoms with Crippen molar-refractivity contribution < 1.29 is 8.42 Å². The Bertz CT molecular complexity index is 1600. The number of halogens is 2. The summed E-state index contributed by atoms with van der Waals surface area (Å²) in [5, 5.41) is 4.64. The molecule has 0 spiro atoms. The van der Waals surface area contributed by atoms with Crippen LogP contribution in [0.25, 0.3) is 5.69 Å². The first-order chi connectivity index (χ1) is 18.3. The van der Waals surface area contributed by atoms with Crippen LogP contribution in [0.15, 0.2) is 98.5 Å². The molecule has 11 heteroatoms. The number of para-hydroxylation sites is 1. The molecule has 1 aliphatic rings. The average Bonchev–Trinajstić information content (AvgIpc) is 2.91. The molecule has 1 fully saturated rings. The summed E-state index contributed by atoms with van der Waals surface area (Å²) in [6, 6.07) is 21.9. The molecule has 0 radical (unpaired) electrons. The fourth-order valence-corrected chi connectivity index (χ4v) is 7.74. The number of benzene rings is 3. The van der Waals surface area contributed by atoms with E-state index in [0.29, 0.717) is 29.4 Å². The molecule has 0 atom stereocenters. The molecule has 1 saturated heterocycles. The van der Waals surface area contributed by atoms with Gasteiger partial charge in [0.25, 0.3) is 5.56 Å². The van der Waals surface area contributed by atoms with Gasteiger partial charge in [0, 0.05) is 31.1 Å². The summed E-state index contributed by atoms with van der Waals surface area (Å²) >= 11 is 13.8. The van der Waals surface area contributed by atoms with Gasteiger partial charge in [0.05, 0.1) is 27.6 Å². The molecule has 0 N–H and O–H groups in total. The number of hydrogen-bond acceptors (Lipinski definition) is 6. The number of anilines is 1. The summed E-state index contributed by atoms with van der Waals surface area (Å²) in [5.41, 5.74) is 2.22. The van der Waals surface area contributed by atoms with Crippen molar-refractivity contribution >= 4 is 50.7 Å². The molecule has 4 aromatic rings. The Morgan fingerprint density at radius 3 is 2.11 bits per heavy atom. The predicted octanol–water partition coefficient (Wildman–Crippen LogP) is 5.51. The Morgan fingerprint density at radius 1 is 0.842 bits per heavy atom. The van der Waals surface area contributed by atoms with Crippen molar-refractivity contribution in [3.8, 4) is 5.69 Å². The molecule has 5 rings (SSSR count). The van der Waals surface area contributed by atoms with Crippen LogP contribution in [0.5, 0.6) is 0 Å². The van der Waals surface area contributed by atoms with Gasteiger partial charge in [-0.25, -0.2) is 8.42 Å². The van der Waals surface area contributed by atoms with Crippen LogP contribution in [0.3, 0.4) is 0 Å². The molecule has 0 unspecified atom stereocenters. The third-order valence-corrected chi connectivity index (χ3v) is 10.2. The molecule has 0 bridgehead atoms. The smallest absolute Gasteiger partial charge is 0.287 e. The lowest BCUT2D eigenvalue weighted by Gasteiger charge is -2.36. The monoisotopic (exact) mass is 586 g/mol. The quantitative estimate of drug-likeness (QED) is 0.296. The van der Waals surface area contributed by atoms with E-state index in [9.17, 15) is 13.2 Å². The summed E-state index contributed by atoms with van der Waals surface area (Å²) in [5.74, 6) is 0. The highest BCUT2D eigenvalue weighted by molar-refractivity contribution is 7.99. The highest BCUT2D eigenvalue weighted by Gasteiger charge is 2.33. The zero-order chi connectivity index (χ0) is 26.9. The van der Waals surface area contributed by atoms with E-state index in [0.717, 1.165) is 10.5 Å². The SMILES string of the molecule is Cc1ccc(Sc2c(N3CCN(S(=O)(=O)c4c(Cl)cccc4Cl)CC3)cnn(-c3ccccc3)c2=O)cc1. The Hall–Kier alpha value is -2.82. The van der Waals surface area contributed by atoms with Crippen LogP contribution in [0.1, 0.15) is 5.56 Å². The molecule has 2 heterocycles. The maximum atomic E-state index is 13.7. The number of aryl methyl sites for hydroxylation is 1. The Kier molecular flexibility index (Phi) is 7.83. The third kappa shape index (κ3) is 5.34. The highest BCUT2D eigenvalue weighted by atomic mass is 35.5. The molecule has 3 aromatic carbocycles. The zero-order valence-electron chi connectivity index (χ0n) is 20.4. The Labute approximate surface area is 235 Å². The minimum atomic E-state index is -3.89. The zero-order valence-corrected chi connectivity index (χ0v) is 23.6. The molecule has 38 heavy (non-hydrogen) atoms. The first-order valence-corrected chi connectivity index (χ1v) is 14.9. The first kappa shape index (κ1) is 26.8. The molecular formula is C27H24Cl2N4O3S2. The normalized spacial score (nSPS) is 14.6. The maximum Gasteiger partial charge on any atom is 0.287 e. The van der Waals surface area contributed by atoms with Gasteiger partial charge in [0.1, 0.15) is 9.79 Å². The first-order valence-electron chi connectivity index (χ1n) is 11.9. The molecule has 1 aromatic heterocycles. The summed E-state index contributed by atoms with van der Waals surface area (Å²) < 4.78 is 29.4. The van der Waals surface area contributed by atoms with E-state index >= 15 is 0 Å². The van der Waals surface area contributed by atoms with Gasteiger partial charge < -0.3 is 4.90 Å². The molecule has 0 aliphatic carbocycles. The lowest BCUT2D eigenvalue weighted by atomic mass is 10.2. The van der Waals surface area contributed by atoms with Crippen LogP contribution in [0.2, 0.25) is 10.0 Å². The summed E-state index contributed by atoms with van der Waals surface area (Å²) in [6.07, 6.45) is 1.68. The van der Waals surface area contributed by atoms with Crippen molar-refractivity contribution in [1.82, 2.24) is 14.1 Å². The number of hydrogen-bond donors (Lipinski definition) is 0. The van der Waals surface area contributed by atoms with Crippen molar-refractivity contribution in [2.24, 2.45) is 0 Å². The second-order valence-electron chi connectivity index (χ2n) is 8.77. The van der Waals surface area contributed by atoms with Crippen molar-refractivity contribution in [2.75, 3.05) is 31.1 Å². The van der Waals surface area contributed by atoms with Crippen molar-refractivity contribution in [2.45, 2.75) is 21.6 Å². The summed E-state index contributed by atoms with van der Waals surface area (Å²) in [7, 11) is -3.89. The minimum absolute atomic E-state index is 0.0838. The van der Waals surface area contributed by atoms with Crippen molar-refractivity contribution in [1.29, 1.82) is 0 Å². The summed E-state index contributed by atoms with van der Waals surface area (Å²) in [4.78, 5) is 17.1. The Morgan fingerprint density at radius 2 is 1.47 bits per heavy atom. The fourth-order valence-electron chi connectivity index (χ4n) is 4.26. The van der Waals surface area contributed by atoms with E-state index in [1.165, 1.54) is 32.9 Å². The van der Waals surface area contributed by atoms with Gasteiger partial charge in [-0.2, -0.15) is 14.1 Å². The number of sulfonamides is 1. The summed E-state index contributed by atoms with van der Waals surface area (Å²) in [6.45, 7) is 3.18. The van der Waals surface area contributed by atoms with Crippen molar-refractivity contribution in [3.05, 3.63) is 105 Å². The average molecular weight is 588 g/mol. The third-order valence-electron chi connectivity index (χ3n) is 6.25. The molecule has 7 nitrogen and oxygen atoms in total. The van der Waals surface area contributed by atoms with Gasteiger partial charge in [0.2, 0.25) is 10.0 Å². The van der Waals surface area contributed by atoms with Crippen molar-refractivity contribution in [3.63, 3.8) is 0 Å². The molecule has 0 saturated carbocycles. The second kappa shape index (κ2) is 11.1. The van der Waals surface area contributed by atoms with Gasteiger partial charge in [0.15, 0.2) is 0 Å². The lowest BCUT2D eigenvalue weighted by Crippen LogP contribution is -2.49. The predicted molar refractivity (Wildman–Crippen MR) is 153 cm³/mol. The number of piperazine rings is 1. The van der Waals surface area contributed by atoms with E-state index < -0.39 is 10.0 Å². The van der Waals surface area contributed by atoms with E-state index in [1.807, 2.05) is 66.4 Å². The molecule has 0 amide bonds. The van der Waals surface area contributed by atoms with Gasteiger partial charge >= 0.3 is 0 Å². The van der Waals surface area contributed by atoms with E-state index in [1.54, 1.807) is 12.3 Å². The van der Waals surface area contributed by atoms with Crippen LogP contribution >= 0.6 is 35.0 Å². The van der Waals surface area contributed by atoms with Gasteiger partial charge in [-0.3, -0.25) is 4.79 Å². The topological polar surface area (TPSA) is 75.5 Å². The van der Waals surface area contributed by atoms with Crippen LogP contribution in [-0.2, 0) is 10.0 Å². The standard InChI is InChI=1S/C27H24Cl2N4O3S2/c1-19-10-12-21(13-11-19)37-25-24(18-30-33(27(25)34)20-6-3-2-4-7-20)31-14-16-32(17-15-31)38(35,36)26-22(28)8-5-9-23(26)29/h2-13,18H,14-17H2,1H3. The Balaban J connectivity index is 1.47. The molecular weight excluding hydrogens is 563 g/mol. The van der Waals surface area contributed by atoms with Crippen LogP contribution in [-0.4, -0.2) is 48.7 Å². The van der Waals surface area contributed by atoms with E-state index in [-0.39, 0.29) is 33.6 Å². The van der Waals surface area contributed by atoms with E-state index in [2.05, 4.69) is 5.10 Å². The van der Waals surface area contributed by atoms with Gasteiger partial charge in [-0.05, 0) is 43.3 Å². The second-order valence-corrected chi connectivity index (χ2v) is 12.5. The number of aromatic nitrogens is 2. The lowest BCUT2D eigenvalue weighted by molar-refractivity contribution is 0.384. The van der Waals surface area contributed by atoms with E-state index in [4.69, 9.17) is 23.2 Å². The maximum absolute atomic E-state index is 13.7.